The standard InChI is InChI=1S/C18H28N2O3S/c1-3-5-13-19-17(21)18(16-9-7-6-8-10-16)11-14-20(15-12-18)24(22,23)4-2/h6-10H,3-5,11-15H2,1-2H3,(H,19,21). The summed E-state index contributed by atoms with van der Waals surface area (Å²) in [5.41, 5.74) is 0.349. The first-order valence-corrected chi connectivity index (χ1v) is 10.4. The Morgan fingerprint density at radius 2 is 1.79 bits per heavy atom. The van der Waals surface area contributed by atoms with Crippen LogP contribution in [-0.2, 0) is 20.2 Å². The number of hydrogen-bond donors (Lipinski definition) is 1. The summed E-state index contributed by atoms with van der Waals surface area (Å²) in [6, 6.07) is 9.76. The molecule has 1 aromatic rings. The van der Waals surface area contributed by atoms with Crippen molar-refractivity contribution in [3.63, 3.8) is 0 Å². The number of carbonyl (C=O) groups is 1. The van der Waals surface area contributed by atoms with Crippen LogP contribution in [-0.4, -0.2) is 44.0 Å². The first-order valence-electron chi connectivity index (χ1n) is 8.78. The number of unbranched alkanes of at least 4 members (excludes halogenated alkanes) is 1. The van der Waals surface area contributed by atoms with Gasteiger partial charge in [0.15, 0.2) is 0 Å². The highest BCUT2D eigenvalue weighted by Crippen LogP contribution is 2.36. The summed E-state index contributed by atoms with van der Waals surface area (Å²) in [6.45, 7) is 5.21. The lowest BCUT2D eigenvalue weighted by Crippen LogP contribution is -2.53. The van der Waals surface area contributed by atoms with Crippen molar-refractivity contribution in [1.29, 1.82) is 0 Å². The average molecular weight is 353 g/mol. The van der Waals surface area contributed by atoms with Crippen molar-refractivity contribution in [2.75, 3.05) is 25.4 Å². The lowest BCUT2D eigenvalue weighted by atomic mass is 9.72. The minimum Gasteiger partial charge on any atom is -0.355 e. The normalized spacial score (nSPS) is 18.2. The molecule has 0 unspecified atom stereocenters. The Morgan fingerprint density at radius 3 is 2.33 bits per heavy atom. The molecule has 0 spiro atoms. The highest BCUT2D eigenvalue weighted by Gasteiger charge is 2.44. The largest absolute Gasteiger partial charge is 0.355 e. The van der Waals surface area contributed by atoms with E-state index in [0.29, 0.717) is 32.5 Å². The zero-order chi connectivity index (χ0) is 17.6. The molecule has 5 nitrogen and oxygen atoms in total. The summed E-state index contributed by atoms with van der Waals surface area (Å²) in [6.07, 6.45) is 3.02. The fraction of sp³-hybridized carbons (Fsp3) is 0.611. The van der Waals surface area contributed by atoms with Gasteiger partial charge in [-0.3, -0.25) is 4.79 Å². The maximum absolute atomic E-state index is 12.9. The highest BCUT2D eigenvalue weighted by molar-refractivity contribution is 7.89. The number of piperidine rings is 1. The summed E-state index contributed by atoms with van der Waals surface area (Å²) < 4.78 is 25.7. The van der Waals surface area contributed by atoms with E-state index in [1.165, 1.54) is 4.31 Å². The van der Waals surface area contributed by atoms with Crippen molar-refractivity contribution in [1.82, 2.24) is 9.62 Å². The van der Waals surface area contributed by atoms with E-state index in [1.807, 2.05) is 30.3 Å². The van der Waals surface area contributed by atoms with Crippen molar-refractivity contribution < 1.29 is 13.2 Å². The number of carbonyl (C=O) groups excluding carboxylic acids is 1. The number of benzene rings is 1. The topological polar surface area (TPSA) is 66.5 Å². The van der Waals surface area contributed by atoms with Gasteiger partial charge in [0.25, 0.3) is 0 Å². The zero-order valence-corrected chi connectivity index (χ0v) is 15.4. The van der Waals surface area contributed by atoms with Gasteiger partial charge in [-0.15, -0.1) is 0 Å². The van der Waals surface area contributed by atoms with Crippen molar-refractivity contribution in [3.05, 3.63) is 35.9 Å². The summed E-state index contributed by atoms with van der Waals surface area (Å²) >= 11 is 0. The van der Waals surface area contributed by atoms with Gasteiger partial charge in [0.1, 0.15) is 0 Å². The van der Waals surface area contributed by atoms with E-state index < -0.39 is 15.4 Å². The number of sulfonamides is 1. The molecule has 2 rings (SSSR count). The Hall–Kier alpha value is -1.40. The predicted octanol–water partition coefficient (Wildman–Crippen LogP) is 2.29. The number of hydrogen-bond acceptors (Lipinski definition) is 3. The molecule has 6 heteroatoms. The lowest BCUT2D eigenvalue weighted by molar-refractivity contribution is -0.128. The van der Waals surface area contributed by atoms with E-state index in [1.54, 1.807) is 6.92 Å². The van der Waals surface area contributed by atoms with Gasteiger partial charge in [-0.1, -0.05) is 43.7 Å². The van der Waals surface area contributed by atoms with E-state index in [0.717, 1.165) is 18.4 Å². The van der Waals surface area contributed by atoms with Crippen molar-refractivity contribution >= 4 is 15.9 Å². The van der Waals surface area contributed by atoms with Gasteiger partial charge in [-0.25, -0.2) is 12.7 Å². The Bertz CT molecular complexity index is 635. The van der Waals surface area contributed by atoms with Crippen LogP contribution in [0.3, 0.4) is 0 Å². The number of rotatable bonds is 7. The molecule has 0 bridgehead atoms. The maximum atomic E-state index is 12.9. The van der Waals surface area contributed by atoms with Crippen LogP contribution in [0.25, 0.3) is 0 Å². The monoisotopic (exact) mass is 352 g/mol. The van der Waals surface area contributed by atoms with Gasteiger partial charge in [-0.2, -0.15) is 0 Å². The Morgan fingerprint density at radius 1 is 1.17 bits per heavy atom. The van der Waals surface area contributed by atoms with E-state index in [4.69, 9.17) is 0 Å². The molecule has 1 aromatic carbocycles. The summed E-state index contributed by atoms with van der Waals surface area (Å²) in [4.78, 5) is 12.9. The van der Waals surface area contributed by atoms with Crippen molar-refractivity contribution in [3.8, 4) is 0 Å². The van der Waals surface area contributed by atoms with Crippen LogP contribution >= 0.6 is 0 Å². The van der Waals surface area contributed by atoms with Crippen LogP contribution in [0.4, 0.5) is 0 Å². The quantitative estimate of drug-likeness (QED) is 0.766. The number of nitrogens with zero attached hydrogens (tertiary/aromatic N) is 1. The molecule has 0 atom stereocenters. The second-order valence-electron chi connectivity index (χ2n) is 6.36. The maximum Gasteiger partial charge on any atom is 0.230 e. The molecule has 0 aromatic heterocycles. The SMILES string of the molecule is CCCCNC(=O)C1(c2ccccc2)CCN(S(=O)(=O)CC)CC1. The van der Waals surface area contributed by atoms with Gasteiger partial charge in [0.2, 0.25) is 15.9 Å². The van der Waals surface area contributed by atoms with Crippen LogP contribution in [0.5, 0.6) is 0 Å². The molecular formula is C18H28N2O3S. The molecule has 24 heavy (non-hydrogen) atoms. The molecule has 1 heterocycles. The van der Waals surface area contributed by atoms with Crippen LogP contribution in [0.15, 0.2) is 30.3 Å². The van der Waals surface area contributed by atoms with Crippen LogP contribution in [0.2, 0.25) is 0 Å². The molecule has 1 N–H and O–H groups in total. The van der Waals surface area contributed by atoms with Crippen molar-refractivity contribution in [2.24, 2.45) is 0 Å². The van der Waals surface area contributed by atoms with Gasteiger partial charge < -0.3 is 5.32 Å². The van der Waals surface area contributed by atoms with Gasteiger partial charge in [-0.05, 0) is 31.7 Å². The zero-order valence-electron chi connectivity index (χ0n) is 14.6. The van der Waals surface area contributed by atoms with E-state index >= 15 is 0 Å². The lowest BCUT2D eigenvalue weighted by Gasteiger charge is -2.40. The molecular weight excluding hydrogens is 324 g/mol. The van der Waals surface area contributed by atoms with Crippen molar-refractivity contribution in [2.45, 2.75) is 44.9 Å². The third kappa shape index (κ3) is 3.98. The first-order chi connectivity index (χ1) is 11.5. The Balaban J connectivity index is 2.22. The van der Waals surface area contributed by atoms with E-state index in [-0.39, 0.29) is 11.7 Å². The van der Waals surface area contributed by atoms with Gasteiger partial charge in [0.05, 0.1) is 11.2 Å². The third-order valence-corrected chi connectivity index (χ3v) is 6.79. The molecule has 1 aliphatic heterocycles. The molecule has 0 aliphatic carbocycles. The molecule has 1 fully saturated rings. The second kappa shape index (κ2) is 8.12. The van der Waals surface area contributed by atoms with Gasteiger partial charge in [0, 0.05) is 19.6 Å². The smallest absolute Gasteiger partial charge is 0.230 e. The van der Waals surface area contributed by atoms with E-state index in [2.05, 4.69) is 12.2 Å². The summed E-state index contributed by atoms with van der Waals surface area (Å²) in [5.74, 6) is 0.129. The molecule has 1 aliphatic rings. The molecule has 0 radical (unpaired) electrons. The summed E-state index contributed by atoms with van der Waals surface area (Å²) in [7, 11) is -3.20. The van der Waals surface area contributed by atoms with Gasteiger partial charge >= 0.3 is 0 Å². The van der Waals surface area contributed by atoms with Crippen LogP contribution in [0, 0.1) is 0 Å². The van der Waals surface area contributed by atoms with E-state index in [9.17, 15) is 13.2 Å². The highest BCUT2D eigenvalue weighted by atomic mass is 32.2. The number of nitrogens with one attached hydrogen (secondary N) is 1. The summed E-state index contributed by atoms with van der Waals surface area (Å²) in [5, 5.41) is 3.05. The fourth-order valence-electron chi connectivity index (χ4n) is 3.28. The minimum atomic E-state index is -3.20. The predicted molar refractivity (Wildman–Crippen MR) is 96.3 cm³/mol. The molecule has 1 saturated heterocycles. The molecule has 0 saturated carbocycles. The number of amides is 1. The Kier molecular flexibility index (Phi) is 6.40. The second-order valence-corrected chi connectivity index (χ2v) is 8.61. The minimum absolute atomic E-state index is 0.0238. The fourth-order valence-corrected chi connectivity index (χ4v) is 4.38. The Labute approximate surface area is 145 Å². The van der Waals surface area contributed by atoms with Crippen LogP contribution < -0.4 is 5.32 Å². The molecule has 134 valence electrons. The first kappa shape index (κ1) is 18.9. The average Bonchev–Trinajstić information content (AvgIpc) is 2.62. The third-order valence-electron chi connectivity index (χ3n) is 4.91. The molecule has 1 amide bonds. The van der Waals surface area contributed by atoms with Crippen LogP contribution in [0.1, 0.15) is 45.1 Å².